The van der Waals surface area contributed by atoms with Crippen LogP contribution in [0.5, 0.6) is 0 Å². The van der Waals surface area contributed by atoms with Crippen molar-refractivity contribution in [3.63, 3.8) is 0 Å². The minimum absolute atomic E-state index is 0.000471. The number of benzene rings is 2. The van der Waals surface area contributed by atoms with Crippen LogP contribution in [0.2, 0.25) is 10.0 Å². The average molecular weight is 932 g/mol. The fourth-order valence-electron chi connectivity index (χ4n) is 5.89. The molecule has 4 heterocycles. The van der Waals surface area contributed by atoms with Crippen LogP contribution >= 0.6 is 23.2 Å². The van der Waals surface area contributed by atoms with Crippen LogP contribution in [0.1, 0.15) is 40.5 Å². The number of pyridine rings is 2. The smallest absolute Gasteiger partial charge is 0.339 e. The third-order valence-electron chi connectivity index (χ3n) is 9.08. The Labute approximate surface area is 385 Å². The van der Waals surface area contributed by atoms with Crippen LogP contribution in [0.15, 0.2) is 85.7 Å². The largest absolute Gasteiger partial charge is 0.462 e. The fraction of sp³-hybridized carbons (Fsp3) is 0.273. The van der Waals surface area contributed by atoms with Gasteiger partial charge in [0.2, 0.25) is 11.9 Å². The number of hydrazine groups is 1. The SMILES string of the molecule is CCOC(=O)c1cncc(-c2cnc(Nc3ccc(F)c(Cl)c3)nc2NCCCN(C)C)c1.CN(C)CCCNc1nc(Nc2ccc(F)c(Cl)c2)ncc1-c1cncc(C(=O)NN)c1. The molecule has 0 aliphatic carbocycles. The predicted octanol–water partition coefficient (Wildman–Crippen LogP) is 7.66. The van der Waals surface area contributed by atoms with Gasteiger partial charge in [-0.1, -0.05) is 23.2 Å². The third kappa shape index (κ3) is 15.0. The minimum atomic E-state index is -0.509. The van der Waals surface area contributed by atoms with Crippen molar-refractivity contribution < 1.29 is 23.1 Å². The molecule has 21 heteroatoms. The van der Waals surface area contributed by atoms with Crippen molar-refractivity contribution >= 4 is 70.0 Å². The molecule has 0 unspecified atom stereocenters. The van der Waals surface area contributed by atoms with Crippen molar-refractivity contribution in [3.8, 4) is 22.3 Å². The van der Waals surface area contributed by atoms with Crippen molar-refractivity contribution in [2.45, 2.75) is 19.8 Å². The van der Waals surface area contributed by atoms with Crippen LogP contribution < -0.4 is 32.5 Å². The highest BCUT2D eigenvalue weighted by atomic mass is 35.5. The molecule has 0 saturated heterocycles. The minimum Gasteiger partial charge on any atom is -0.462 e. The first-order chi connectivity index (χ1) is 31.2. The van der Waals surface area contributed by atoms with Gasteiger partial charge in [0, 0.05) is 83.9 Å². The zero-order chi connectivity index (χ0) is 46.9. The van der Waals surface area contributed by atoms with Crippen molar-refractivity contribution in [2.75, 3.05) is 82.2 Å². The van der Waals surface area contributed by atoms with Gasteiger partial charge in [0.05, 0.1) is 27.8 Å². The van der Waals surface area contributed by atoms with Gasteiger partial charge < -0.3 is 35.8 Å². The second-order valence-electron chi connectivity index (χ2n) is 14.7. The van der Waals surface area contributed by atoms with E-state index in [9.17, 15) is 18.4 Å². The van der Waals surface area contributed by atoms with Gasteiger partial charge >= 0.3 is 5.97 Å². The number of nitrogens with two attached hydrogens (primary N) is 1. The van der Waals surface area contributed by atoms with E-state index in [0.717, 1.165) is 25.9 Å². The molecular formula is C44H50Cl2F2N14O3. The Balaban J connectivity index is 0.000000244. The fourth-order valence-corrected chi connectivity index (χ4v) is 6.26. The lowest BCUT2D eigenvalue weighted by molar-refractivity contribution is 0.0525. The first-order valence-corrected chi connectivity index (χ1v) is 21.0. The zero-order valence-electron chi connectivity index (χ0n) is 36.4. The van der Waals surface area contributed by atoms with Crippen molar-refractivity contribution in [1.29, 1.82) is 0 Å². The molecule has 65 heavy (non-hydrogen) atoms. The molecule has 4 aromatic heterocycles. The Bertz CT molecular complexity index is 2550. The predicted molar refractivity (Wildman–Crippen MR) is 251 cm³/mol. The highest BCUT2D eigenvalue weighted by molar-refractivity contribution is 6.31. The Hall–Kier alpha value is -6.64. The van der Waals surface area contributed by atoms with Gasteiger partial charge in [-0.3, -0.25) is 20.2 Å². The molecule has 342 valence electrons. The van der Waals surface area contributed by atoms with Crippen LogP contribution in [0.25, 0.3) is 22.3 Å². The molecule has 0 spiro atoms. The number of halogens is 4. The molecule has 17 nitrogen and oxygen atoms in total. The van der Waals surface area contributed by atoms with Gasteiger partial charge in [-0.2, -0.15) is 9.97 Å². The summed E-state index contributed by atoms with van der Waals surface area (Å²) in [6, 6.07) is 11.9. The van der Waals surface area contributed by atoms with Gasteiger partial charge in [-0.15, -0.1) is 0 Å². The number of esters is 1. The number of anilines is 6. The first kappa shape index (κ1) is 49.4. The van der Waals surface area contributed by atoms with Gasteiger partial charge in [-0.25, -0.2) is 29.4 Å². The first-order valence-electron chi connectivity index (χ1n) is 20.3. The maximum Gasteiger partial charge on any atom is 0.339 e. The second-order valence-corrected chi connectivity index (χ2v) is 15.5. The monoisotopic (exact) mass is 930 g/mol. The van der Waals surface area contributed by atoms with E-state index in [1.807, 2.05) is 28.2 Å². The Morgan fingerprint density at radius 3 is 1.57 bits per heavy atom. The summed E-state index contributed by atoms with van der Waals surface area (Å²) < 4.78 is 32.0. The number of hydrogen-bond donors (Lipinski definition) is 6. The van der Waals surface area contributed by atoms with E-state index in [2.05, 4.69) is 66.4 Å². The molecule has 0 fully saturated rings. The lowest BCUT2D eigenvalue weighted by atomic mass is 10.1. The summed E-state index contributed by atoms with van der Waals surface area (Å²) in [7, 11) is 8.04. The van der Waals surface area contributed by atoms with E-state index in [0.29, 0.717) is 81.4 Å². The Morgan fingerprint density at radius 1 is 0.677 bits per heavy atom. The molecule has 0 aliphatic rings. The summed E-state index contributed by atoms with van der Waals surface area (Å²) in [6.45, 7) is 5.18. The standard InChI is InChI=1S/C23H26ClFN6O2.C21H24ClFN8O/c1-4-33-22(32)16-10-15(12-26-13-16)18-14-28-23(29-17-6-7-20(25)19(24)11-17)30-21(18)27-8-5-9-31(2)3;1-31(2)7-3-6-26-19-16(13-8-14(11-25-10-13)20(32)30-24)12-27-21(29-19)28-15-4-5-18(23)17(22)9-15/h6-7,10-14H,4-5,8-9H2,1-3H3,(H2,27,28,29,30);4-5,8-12H,3,6-7,24H2,1-2H3,(H,30,32)(H2,26,27,28,29). The maximum atomic E-state index is 13.5. The highest BCUT2D eigenvalue weighted by Crippen LogP contribution is 2.30. The van der Waals surface area contributed by atoms with Gasteiger partial charge in [0.15, 0.2) is 0 Å². The lowest BCUT2D eigenvalue weighted by Crippen LogP contribution is -2.30. The molecule has 6 rings (SSSR count). The Morgan fingerprint density at radius 2 is 1.14 bits per heavy atom. The van der Waals surface area contributed by atoms with E-state index in [1.54, 1.807) is 56.0 Å². The van der Waals surface area contributed by atoms with Crippen molar-refractivity contribution in [1.82, 2.24) is 45.1 Å². The summed E-state index contributed by atoms with van der Waals surface area (Å²) in [5.74, 6) is 5.06. The highest BCUT2D eigenvalue weighted by Gasteiger charge is 2.16. The van der Waals surface area contributed by atoms with Crippen LogP contribution in [0.3, 0.4) is 0 Å². The summed E-state index contributed by atoms with van der Waals surface area (Å²) in [5.41, 5.74) is 6.52. The van der Waals surface area contributed by atoms with Gasteiger partial charge in [0.1, 0.15) is 23.3 Å². The number of carbonyl (C=O) groups excluding carboxylic acids is 2. The average Bonchev–Trinajstić information content (AvgIpc) is 3.29. The Kier molecular flexibility index (Phi) is 18.6. The van der Waals surface area contributed by atoms with E-state index < -0.39 is 23.5 Å². The number of nitrogen functional groups attached to an aromatic ring is 1. The molecule has 0 radical (unpaired) electrons. The summed E-state index contributed by atoms with van der Waals surface area (Å²) in [4.78, 5) is 54.4. The number of rotatable bonds is 19. The van der Waals surface area contributed by atoms with Crippen LogP contribution in [-0.4, -0.2) is 113 Å². The molecule has 7 N–H and O–H groups in total. The molecule has 0 bridgehead atoms. The van der Waals surface area contributed by atoms with Crippen LogP contribution in [0, 0.1) is 11.6 Å². The molecule has 0 saturated carbocycles. The number of nitrogens with zero attached hydrogens (tertiary/aromatic N) is 8. The second kappa shape index (κ2) is 24.4. The number of nitrogens with one attached hydrogen (secondary N) is 5. The molecule has 0 aliphatic heterocycles. The summed E-state index contributed by atoms with van der Waals surface area (Å²) in [6.07, 6.45) is 11.2. The number of amides is 1. The summed E-state index contributed by atoms with van der Waals surface area (Å²) in [5, 5.41) is 12.7. The van der Waals surface area contributed by atoms with E-state index in [4.69, 9.17) is 33.8 Å². The molecule has 6 aromatic rings. The number of carbonyl (C=O) groups is 2. The molecule has 1 amide bonds. The van der Waals surface area contributed by atoms with E-state index in [-0.39, 0.29) is 16.7 Å². The molecule has 2 aromatic carbocycles. The zero-order valence-corrected chi connectivity index (χ0v) is 37.9. The van der Waals surface area contributed by atoms with Gasteiger partial charge in [0.25, 0.3) is 5.91 Å². The third-order valence-corrected chi connectivity index (χ3v) is 9.66. The quantitative estimate of drug-likeness (QED) is 0.0151. The van der Waals surface area contributed by atoms with Gasteiger partial charge in [-0.05, 0) is 110 Å². The van der Waals surface area contributed by atoms with E-state index in [1.165, 1.54) is 36.7 Å². The number of aromatic nitrogens is 6. The number of ether oxygens (including phenoxy) is 1. The summed E-state index contributed by atoms with van der Waals surface area (Å²) >= 11 is 11.7. The van der Waals surface area contributed by atoms with Crippen molar-refractivity contribution in [3.05, 3.63) is 119 Å². The molecule has 0 atom stereocenters. The lowest BCUT2D eigenvalue weighted by Gasteiger charge is -2.15. The van der Waals surface area contributed by atoms with Crippen LogP contribution in [0.4, 0.5) is 43.7 Å². The normalized spacial score (nSPS) is 10.8. The van der Waals surface area contributed by atoms with Crippen LogP contribution in [-0.2, 0) is 4.74 Å². The van der Waals surface area contributed by atoms with Crippen molar-refractivity contribution in [2.24, 2.45) is 5.84 Å². The molecular weight excluding hydrogens is 881 g/mol. The topological polar surface area (TPSA) is 213 Å². The maximum absolute atomic E-state index is 13.5. The number of hydrogen-bond acceptors (Lipinski definition) is 16. The van der Waals surface area contributed by atoms with E-state index >= 15 is 0 Å².